The molecule has 0 bridgehead atoms. The molecule has 17 heavy (non-hydrogen) atoms. The first-order chi connectivity index (χ1) is 8.16. The minimum absolute atomic E-state index is 0.267. The van der Waals surface area contributed by atoms with Crippen LogP contribution in [0.3, 0.4) is 0 Å². The second kappa shape index (κ2) is 6.96. The van der Waals surface area contributed by atoms with Crippen LogP contribution in [0.1, 0.15) is 23.2 Å². The van der Waals surface area contributed by atoms with E-state index in [0.717, 1.165) is 18.9 Å². The maximum atomic E-state index is 13.2. The highest BCUT2D eigenvalue weighted by atomic mass is 19.2. The smallest absolute Gasteiger partial charge is 0.254 e. The maximum Gasteiger partial charge on any atom is 0.254 e. The number of amides is 1. The number of nitrogens with one attached hydrogen (secondary N) is 1. The van der Waals surface area contributed by atoms with Gasteiger partial charge in [0.1, 0.15) is 0 Å². The molecule has 0 aliphatic rings. The third-order valence-electron chi connectivity index (χ3n) is 2.26. The summed E-state index contributed by atoms with van der Waals surface area (Å²) in [5, 5.41) is 2.52. The van der Waals surface area contributed by atoms with E-state index < -0.39 is 17.5 Å². The Kier molecular flexibility index (Phi) is 5.56. The predicted molar refractivity (Wildman–Crippen MR) is 59.8 cm³/mol. The summed E-state index contributed by atoms with van der Waals surface area (Å²) in [6.45, 7) is 1.03. The molecule has 0 atom stereocenters. The van der Waals surface area contributed by atoms with Crippen molar-refractivity contribution in [3.05, 3.63) is 35.4 Å². The van der Waals surface area contributed by atoms with Crippen LogP contribution < -0.4 is 5.32 Å². The standard InChI is InChI=1S/C12H15F2NO2/c1-17-8-3-2-7-15-12(16)9-5-4-6-10(13)11(9)14/h4-6H,2-3,7-8H2,1H3,(H,15,16). The number of carbonyl (C=O) groups is 1. The van der Waals surface area contributed by atoms with E-state index in [0.29, 0.717) is 13.2 Å². The van der Waals surface area contributed by atoms with Crippen LogP contribution in [0.5, 0.6) is 0 Å². The van der Waals surface area contributed by atoms with E-state index in [1.54, 1.807) is 7.11 Å². The molecule has 0 aliphatic carbocycles. The van der Waals surface area contributed by atoms with Crippen molar-refractivity contribution >= 4 is 5.91 Å². The average molecular weight is 243 g/mol. The number of benzene rings is 1. The number of unbranched alkanes of at least 4 members (excludes halogenated alkanes) is 1. The molecule has 1 amide bonds. The molecule has 1 N–H and O–H groups in total. The fourth-order valence-electron chi connectivity index (χ4n) is 1.35. The summed E-state index contributed by atoms with van der Waals surface area (Å²) in [7, 11) is 1.60. The molecule has 1 rings (SSSR count). The highest BCUT2D eigenvalue weighted by Crippen LogP contribution is 2.10. The lowest BCUT2D eigenvalue weighted by molar-refractivity contribution is 0.0946. The Morgan fingerprint density at radius 1 is 1.35 bits per heavy atom. The van der Waals surface area contributed by atoms with Crippen LogP contribution in [0.4, 0.5) is 8.78 Å². The third-order valence-corrected chi connectivity index (χ3v) is 2.26. The Hall–Kier alpha value is -1.49. The fourth-order valence-corrected chi connectivity index (χ4v) is 1.35. The highest BCUT2D eigenvalue weighted by Gasteiger charge is 2.13. The summed E-state index contributed by atoms with van der Waals surface area (Å²) in [6.07, 6.45) is 1.54. The average Bonchev–Trinajstić information content (AvgIpc) is 2.32. The zero-order valence-corrected chi connectivity index (χ0v) is 9.63. The number of rotatable bonds is 6. The van der Waals surface area contributed by atoms with Crippen molar-refractivity contribution in [2.24, 2.45) is 0 Å². The Morgan fingerprint density at radius 2 is 2.12 bits per heavy atom. The Morgan fingerprint density at radius 3 is 2.82 bits per heavy atom. The second-order valence-corrected chi connectivity index (χ2v) is 3.56. The van der Waals surface area contributed by atoms with Crippen LogP contribution in [0.25, 0.3) is 0 Å². The number of carbonyl (C=O) groups excluding carboxylic acids is 1. The van der Waals surface area contributed by atoms with E-state index in [4.69, 9.17) is 4.74 Å². The zero-order chi connectivity index (χ0) is 12.7. The fraction of sp³-hybridized carbons (Fsp3) is 0.417. The van der Waals surface area contributed by atoms with E-state index in [9.17, 15) is 13.6 Å². The molecule has 0 radical (unpaired) electrons. The van der Waals surface area contributed by atoms with Gasteiger partial charge >= 0.3 is 0 Å². The monoisotopic (exact) mass is 243 g/mol. The van der Waals surface area contributed by atoms with Gasteiger partial charge in [-0.1, -0.05) is 6.07 Å². The summed E-state index contributed by atoms with van der Waals surface area (Å²) >= 11 is 0. The summed E-state index contributed by atoms with van der Waals surface area (Å²) in [5.74, 6) is -2.72. The van der Waals surface area contributed by atoms with Crippen LogP contribution >= 0.6 is 0 Å². The van der Waals surface area contributed by atoms with Crippen molar-refractivity contribution in [3.8, 4) is 0 Å². The van der Waals surface area contributed by atoms with Gasteiger partial charge in [0, 0.05) is 20.3 Å². The second-order valence-electron chi connectivity index (χ2n) is 3.56. The van der Waals surface area contributed by atoms with Crippen molar-refractivity contribution in [3.63, 3.8) is 0 Å². The van der Waals surface area contributed by atoms with Gasteiger partial charge in [0.05, 0.1) is 5.56 Å². The number of ether oxygens (including phenoxy) is 1. The predicted octanol–water partition coefficient (Wildman–Crippen LogP) is 2.12. The molecule has 0 saturated carbocycles. The quantitative estimate of drug-likeness (QED) is 0.777. The van der Waals surface area contributed by atoms with Gasteiger partial charge in [0.25, 0.3) is 5.91 Å². The first-order valence-corrected chi connectivity index (χ1v) is 5.38. The molecule has 94 valence electrons. The molecule has 0 heterocycles. The maximum absolute atomic E-state index is 13.2. The Labute approximate surface area is 98.8 Å². The lowest BCUT2D eigenvalue weighted by Gasteiger charge is -2.06. The van der Waals surface area contributed by atoms with Crippen molar-refractivity contribution in [1.82, 2.24) is 5.32 Å². The van der Waals surface area contributed by atoms with Crippen LogP contribution in [0.15, 0.2) is 18.2 Å². The molecule has 0 unspecified atom stereocenters. The Balaban J connectivity index is 2.44. The molecule has 0 aliphatic heterocycles. The molecule has 1 aromatic carbocycles. The van der Waals surface area contributed by atoms with Gasteiger partial charge < -0.3 is 10.1 Å². The molecule has 1 aromatic rings. The van der Waals surface area contributed by atoms with Crippen LogP contribution in [0, 0.1) is 11.6 Å². The highest BCUT2D eigenvalue weighted by molar-refractivity contribution is 5.94. The summed E-state index contributed by atoms with van der Waals surface area (Å²) in [5.41, 5.74) is -0.267. The van der Waals surface area contributed by atoms with E-state index in [-0.39, 0.29) is 5.56 Å². The first kappa shape index (κ1) is 13.6. The number of hydrogen-bond acceptors (Lipinski definition) is 2. The van der Waals surface area contributed by atoms with E-state index >= 15 is 0 Å². The van der Waals surface area contributed by atoms with Gasteiger partial charge in [0.15, 0.2) is 11.6 Å². The van der Waals surface area contributed by atoms with Gasteiger partial charge in [0.2, 0.25) is 0 Å². The minimum Gasteiger partial charge on any atom is -0.385 e. The van der Waals surface area contributed by atoms with Crippen LogP contribution in [-0.2, 0) is 4.74 Å². The van der Waals surface area contributed by atoms with Crippen molar-refractivity contribution in [2.45, 2.75) is 12.8 Å². The number of methoxy groups -OCH3 is 1. The van der Waals surface area contributed by atoms with Gasteiger partial charge in [-0.05, 0) is 25.0 Å². The minimum atomic E-state index is -1.11. The van der Waals surface area contributed by atoms with E-state index in [2.05, 4.69) is 5.32 Å². The van der Waals surface area contributed by atoms with Crippen LogP contribution in [-0.4, -0.2) is 26.2 Å². The van der Waals surface area contributed by atoms with Gasteiger partial charge in [-0.25, -0.2) is 8.78 Å². The summed E-state index contributed by atoms with van der Waals surface area (Å²) < 4.78 is 30.9. The van der Waals surface area contributed by atoms with Gasteiger partial charge in [-0.3, -0.25) is 4.79 Å². The SMILES string of the molecule is COCCCCNC(=O)c1cccc(F)c1F. The van der Waals surface area contributed by atoms with E-state index in [1.807, 2.05) is 0 Å². The molecule has 5 heteroatoms. The summed E-state index contributed by atoms with van der Waals surface area (Å²) in [6, 6.07) is 3.53. The lowest BCUT2D eigenvalue weighted by atomic mass is 10.2. The number of halogens is 2. The van der Waals surface area contributed by atoms with Crippen molar-refractivity contribution < 1.29 is 18.3 Å². The van der Waals surface area contributed by atoms with Crippen molar-refractivity contribution in [2.75, 3.05) is 20.3 Å². The first-order valence-electron chi connectivity index (χ1n) is 5.38. The molecule has 0 aromatic heterocycles. The molecule has 3 nitrogen and oxygen atoms in total. The molecule has 0 fully saturated rings. The van der Waals surface area contributed by atoms with Gasteiger partial charge in [-0.15, -0.1) is 0 Å². The molecular formula is C12H15F2NO2. The van der Waals surface area contributed by atoms with Crippen LogP contribution in [0.2, 0.25) is 0 Å². The van der Waals surface area contributed by atoms with Gasteiger partial charge in [-0.2, -0.15) is 0 Å². The number of hydrogen-bond donors (Lipinski definition) is 1. The van der Waals surface area contributed by atoms with Crippen molar-refractivity contribution in [1.29, 1.82) is 0 Å². The summed E-state index contributed by atoms with van der Waals surface area (Å²) in [4.78, 5) is 11.5. The molecular weight excluding hydrogens is 228 g/mol. The topological polar surface area (TPSA) is 38.3 Å². The third kappa shape index (κ3) is 4.11. The normalized spacial score (nSPS) is 10.3. The Bertz CT molecular complexity index is 383. The zero-order valence-electron chi connectivity index (χ0n) is 9.63. The lowest BCUT2D eigenvalue weighted by Crippen LogP contribution is -2.25. The molecule has 0 spiro atoms. The molecule has 0 saturated heterocycles. The van der Waals surface area contributed by atoms with E-state index in [1.165, 1.54) is 12.1 Å². The largest absolute Gasteiger partial charge is 0.385 e.